The molecule has 0 saturated heterocycles. The van der Waals surface area contributed by atoms with Gasteiger partial charge in [0.2, 0.25) is 5.91 Å². The van der Waals surface area contributed by atoms with Crippen molar-refractivity contribution in [3.05, 3.63) is 54.1 Å². The number of nitriles is 1. The second kappa shape index (κ2) is 10.7. The molecule has 4 rings (SSSR count). The van der Waals surface area contributed by atoms with E-state index >= 15 is 0 Å². The molecular formula is C26H29N5O2S. The van der Waals surface area contributed by atoms with E-state index in [-0.39, 0.29) is 11.9 Å². The Morgan fingerprint density at radius 3 is 2.62 bits per heavy atom. The predicted molar refractivity (Wildman–Crippen MR) is 134 cm³/mol. The van der Waals surface area contributed by atoms with Crippen LogP contribution in [0.4, 0.5) is 5.69 Å². The minimum atomic E-state index is -0.419. The molecule has 1 heterocycles. The number of anilines is 1. The van der Waals surface area contributed by atoms with Crippen LogP contribution in [0.3, 0.4) is 0 Å². The zero-order valence-electron chi connectivity index (χ0n) is 19.7. The number of amides is 1. The van der Waals surface area contributed by atoms with E-state index in [1.807, 2.05) is 31.2 Å². The maximum absolute atomic E-state index is 13.0. The molecule has 0 aliphatic heterocycles. The average molecular weight is 476 g/mol. The fourth-order valence-electron chi connectivity index (χ4n) is 4.41. The Hall–Kier alpha value is -3.31. The summed E-state index contributed by atoms with van der Waals surface area (Å²) in [5, 5.41) is 21.6. The van der Waals surface area contributed by atoms with Crippen molar-refractivity contribution in [2.75, 3.05) is 12.4 Å². The molecule has 1 aliphatic rings. The number of nitrogens with zero attached hydrogens (tertiary/aromatic N) is 4. The maximum Gasteiger partial charge on any atom is 0.237 e. The van der Waals surface area contributed by atoms with Gasteiger partial charge >= 0.3 is 0 Å². The lowest BCUT2D eigenvalue weighted by Crippen LogP contribution is -2.25. The van der Waals surface area contributed by atoms with Crippen molar-refractivity contribution in [2.24, 2.45) is 5.92 Å². The summed E-state index contributed by atoms with van der Waals surface area (Å²) in [6.07, 6.45) is 4.62. The zero-order chi connectivity index (χ0) is 24.1. The molecule has 1 aromatic heterocycles. The van der Waals surface area contributed by atoms with Gasteiger partial charge in [-0.1, -0.05) is 43.7 Å². The number of ether oxygens (including phenoxy) is 1. The Labute approximate surface area is 204 Å². The van der Waals surface area contributed by atoms with Gasteiger partial charge in [0.15, 0.2) is 11.0 Å². The largest absolute Gasteiger partial charge is 0.497 e. The van der Waals surface area contributed by atoms with Crippen molar-refractivity contribution in [3.8, 4) is 23.2 Å². The van der Waals surface area contributed by atoms with Crippen LogP contribution in [0.5, 0.6) is 5.75 Å². The lowest BCUT2D eigenvalue weighted by Gasteiger charge is -2.31. The first-order valence-corrected chi connectivity index (χ1v) is 12.5. The number of methoxy groups -OCH3 is 1. The van der Waals surface area contributed by atoms with E-state index in [2.05, 4.69) is 33.1 Å². The normalized spacial score (nSPS) is 18.6. The SMILES string of the molecule is COc1ccc(-c2nnc(S[C@H](C)C(=O)Nc3ccccc3C#N)n2[C@@H]2CCCC[C@H]2C)cc1. The minimum Gasteiger partial charge on any atom is -0.497 e. The van der Waals surface area contributed by atoms with Gasteiger partial charge in [-0.15, -0.1) is 10.2 Å². The van der Waals surface area contributed by atoms with Crippen LogP contribution >= 0.6 is 11.8 Å². The molecule has 0 unspecified atom stereocenters. The summed E-state index contributed by atoms with van der Waals surface area (Å²) in [6, 6.07) is 17.2. The first-order valence-electron chi connectivity index (χ1n) is 11.6. The van der Waals surface area contributed by atoms with Gasteiger partial charge in [-0.05, 0) is 62.1 Å². The summed E-state index contributed by atoms with van der Waals surface area (Å²) in [7, 11) is 1.65. The number of hydrogen-bond acceptors (Lipinski definition) is 6. The standard InChI is InChI=1S/C26H29N5O2S/c1-17-8-4-7-11-23(17)31-24(19-12-14-21(33-3)15-13-19)29-30-26(31)34-18(2)25(32)28-22-10-6-5-9-20(22)16-27/h5-6,9-10,12-15,17-18,23H,4,7-8,11H2,1-3H3,(H,28,32)/t17-,18-,23-/m1/s1. The van der Waals surface area contributed by atoms with E-state index in [0.29, 0.717) is 17.2 Å². The van der Waals surface area contributed by atoms with Gasteiger partial charge in [0.05, 0.1) is 23.6 Å². The lowest BCUT2D eigenvalue weighted by atomic mass is 9.85. The highest BCUT2D eigenvalue weighted by molar-refractivity contribution is 8.00. The molecule has 176 valence electrons. The summed E-state index contributed by atoms with van der Waals surface area (Å²) in [5.41, 5.74) is 1.93. The van der Waals surface area contributed by atoms with Crippen LogP contribution in [-0.2, 0) is 4.79 Å². The van der Waals surface area contributed by atoms with Gasteiger partial charge in [0.1, 0.15) is 11.8 Å². The zero-order valence-corrected chi connectivity index (χ0v) is 20.5. The summed E-state index contributed by atoms with van der Waals surface area (Å²) in [5.74, 6) is 1.92. The topological polar surface area (TPSA) is 92.8 Å². The summed E-state index contributed by atoms with van der Waals surface area (Å²) in [4.78, 5) is 13.0. The Bertz CT molecular complexity index is 1180. The molecule has 8 heteroatoms. The molecule has 0 bridgehead atoms. The van der Waals surface area contributed by atoms with Crippen molar-refractivity contribution < 1.29 is 9.53 Å². The van der Waals surface area contributed by atoms with Crippen LogP contribution < -0.4 is 10.1 Å². The highest BCUT2D eigenvalue weighted by Crippen LogP contribution is 2.40. The van der Waals surface area contributed by atoms with E-state index in [1.54, 1.807) is 31.4 Å². The molecule has 7 nitrogen and oxygen atoms in total. The Morgan fingerprint density at radius 1 is 1.18 bits per heavy atom. The second-order valence-electron chi connectivity index (χ2n) is 8.64. The number of para-hydroxylation sites is 1. The first-order chi connectivity index (χ1) is 16.5. The van der Waals surface area contributed by atoms with Crippen LogP contribution in [0.25, 0.3) is 11.4 Å². The van der Waals surface area contributed by atoms with Gasteiger partial charge in [-0.3, -0.25) is 9.36 Å². The van der Waals surface area contributed by atoms with Crippen LogP contribution in [0, 0.1) is 17.2 Å². The Morgan fingerprint density at radius 2 is 1.91 bits per heavy atom. The summed E-state index contributed by atoms with van der Waals surface area (Å²) < 4.78 is 7.53. The molecule has 3 atom stereocenters. The molecule has 0 radical (unpaired) electrons. The molecule has 34 heavy (non-hydrogen) atoms. The van der Waals surface area contributed by atoms with E-state index in [1.165, 1.54) is 24.6 Å². The third-order valence-electron chi connectivity index (χ3n) is 6.37. The third-order valence-corrected chi connectivity index (χ3v) is 7.42. The molecule has 1 N–H and O–H groups in total. The van der Waals surface area contributed by atoms with Crippen molar-refractivity contribution in [1.29, 1.82) is 5.26 Å². The molecule has 1 aliphatic carbocycles. The van der Waals surface area contributed by atoms with Crippen LogP contribution in [0.15, 0.2) is 53.7 Å². The van der Waals surface area contributed by atoms with Gasteiger partial charge < -0.3 is 10.1 Å². The van der Waals surface area contributed by atoms with E-state index in [4.69, 9.17) is 4.74 Å². The van der Waals surface area contributed by atoms with Gasteiger partial charge in [-0.2, -0.15) is 5.26 Å². The average Bonchev–Trinajstić information content (AvgIpc) is 3.27. The highest BCUT2D eigenvalue weighted by Gasteiger charge is 2.30. The number of thioether (sulfide) groups is 1. The molecular weight excluding hydrogens is 446 g/mol. The lowest BCUT2D eigenvalue weighted by molar-refractivity contribution is -0.115. The Balaban J connectivity index is 1.62. The second-order valence-corrected chi connectivity index (χ2v) is 9.95. The highest BCUT2D eigenvalue weighted by atomic mass is 32.2. The summed E-state index contributed by atoms with van der Waals surface area (Å²) in [6.45, 7) is 4.14. The molecule has 3 aromatic rings. The van der Waals surface area contributed by atoms with E-state index in [9.17, 15) is 10.1 Å². The third kappa shape index (κ3) is 5.10. The summed E-state index contributed by atoms with van der Waals surface area (Å²) >= 11 is 1.40. The first kappa shape index (κ1) is 23.8. The number of carbonyl (C=O) groups is 1. The van der Waals surface area contributed by atoms with Crippen molar-refractivity contribution in [3.63, 3.8) is 0 Å². The minimum absolute atomic E-state index is 0.176. The molecule has 0 spiro atoms. The van der Waals surface area contributed by atoms with Crippen molar-refractivity contribution in [1.82, 2.24) is 14.8 Å². The maximum atomic E-state index is 13.0. The fourth-order valence-corrected chi connectivity index (χ4v) is 5.31. The number of benzene rings is 2. The smallest absolute Gasteiger partial charge is 0.237 e. The van der Waals surface area contributed by atoms with Crippen LogP contribution in [0.1, 0.15) is 51.1 Å². The van der Waals surface area contributed by atoms with E-state index in [0.717, 1.165) is 35.1 Å². The van der Waals surface area contributed by atoms with Gasteiger partial charge in [-0.25, -0.2) is 0 Å². The number of carbonyl (C=O) groups excluding carboxylic acids is 1. The van der Waals surface area contributed by atoms with Crippen molar-refractivity contribution >= 4 is 23.4 Å². The van der Waals surface area contributed by atoms with Gasteiger partial charge in [0, 0.05) is 11.6 Å². The molecule has 1 amide bonds. The quantitative estimate of drug-likeness (QED) is 0.441. The Kier molecular flexibility index (Phi) is 7.53. The predicted octanol–water partition coefficient (Wildman–Crippen LogP) is 5.70. The molecule has 2 aromatic carbocycles. The molecule has 1 fully saturated rings. The number of hydrogen-bond donors (Lipinski definition) is 1. The molecule has 1 saturated carbocycles. The monoisotopic (exact) mass is 475 g/mol. The number of nitrogens with one attached hydrogen (secondary N) is 1. The van der Waals surface area contributed by atoms with Crippen LogP contribution in [-0.4, -0.2) is 33.0 Å². The number of aromatic nitrogens is 3. The van der Waals surface area contributed by atoms with Crippen molar-refractivity contribution in [2.45, 2.75) is 56.0 Å². The van der Waals surface area contributed by atoms with E-state index < -0.39 is 5.25 Å². The van der Waals surface area contributed by atoms with Gasteiger partial charge in [0.25, 0.3) is 0 Å². The fraction of sp³-hybridized carbons (Fsp3) is 0.385. The number of rotatable bonds is 7. The van der Waals surface area contributed by atoms with Crippen LogP contribution in [0.2, 0.25) is 0 Å².